The predicted octanol–water partition coefficient (Wildman–Crippen LogP) is 4.73. The first-order chi connectivity index (χ1) is 11.2. The van der Waals surface area contributed by atoms with Crippen LogP contribution >= 0.6 is 0 Å². The molecule has 0 aliphatic carbocycles. The molecule has 1 aromatic rings. The molecule has 0 saturated carbocycles. The molecule has 142 valence electrons. The first kappa shape index (κ1) is 20.9. The van der Waals surface area contributed by atoms with Crippen molar-refractivity contribution in [3.8, 4) is 0 Å². The van der Waals surface area contributed by atoms with Crippen molar-refractivity contribution in [2.75, 3.05) is 29.5 Å². The van der Waals surface area contributed by atoms with Crippen LogP contribution < -0.4 is 16.0 Å². The third-order valence-electron chi connectivity index (χ3n) is 3.16. The molecule has 0 saturated heterocycles. The van der Waals surface area contributed by atoms with Crippen LogP contribution in [-0.4, -0.2) is 25.3 Å². The Morgan fingerprint density at radius 3 is 2.28 bits per heavy atom. The summed E-state index contributed by atoms with van der Waals surface area (Å²) in [5, 5.41) is 2.41. The number of hydrogen-bond acceptors (Lipinski definition) is 4. The Kier molecular flexibility index (Phi) is 6.20. The Bertz CT molecular complexity index is 623. The SMILES string of the molecule is CC(C)CN(C)c1cc(NC(=O)OC(C)(C)C)c(N)cc1C(F)(F)F. The minimum atomic E-state index is -4.56. The molecule has 0 bridgehead atoms. The Labute approximate surface area is 146 Å². The number of hydrogen-bond donors (Lipinski definition) is 2. The van der Waals surface area contributed by atoms with Crippen molar-refractivity contribution in [1.82, 2.24) is 0 Å². The third kappa shape index (κ3) is 6.36. The highest BCUT2D eigenvalue weighted by Crippen LogP contribution is 2.40. The number of nitrogens with zero attached hydrogens (tertiary/aromatic N) is 1. The molecule has 0 radical (unpaired) electrons. The van der Waals surface area contributed by atoms with E-state index in [9.17, 15) is 18.0 Å². The van der Waals surface area contributed by atoms with Gasteiger partial charge >= 0.3 is 12.3 Å². The molecule has 5 nitrogen and oxygen atoms in total. The molecule has 1 aromatic carbocycles. The molecular weight excluding hydrogens is 335 g/mol. The van der Waals surface area contributed by atoms with Gasteiger partial charge in [0.05, 0.1) is 22.6 Å². The van der Waals surface area contributed by atoms with Crippen LogP contribution in [0.15, 0.2) is 12.1 Å². The molecule has 0 atom stereocenters. The van der Waals surface area contributed by atoms with Gasteiger partial charge in [0.25, 0.3) is 0 Å². The molecular formula is C17H26F3N3O2. The summed E-state index contributed by atoms with van der Waals surface area (Å²) in [4.78, 5) is 13.4. The number of rotatable bonds is 4. The lowest BCUT2D eigenvalue weighted by atomic mass is 10.1. The van der Waals surface area contributed by atoms with Crippen molar-refractivity contribution >= 4 is 23.2 Å². The molecule has 1 rings (SSSR count). The van der Waals surface area contributed by atoms with Gasteiger partial charge in [-0.2, -0.15) is 13.2 Å². The number of nitrogens with two attached hydrogens (primary N) is 1. The minimum absolute atomic E-state index is 0.0542. The summed E-state index contributed by atoms with van der Waals surface area (Å²) in [5.74, 6) is 0.158. The van der Waals surface area contributed by atoms with Crippen molar-refractivity contribution in [2.24, 2.45) is 5.92 Å². The molecule has 0 unspecified atom stereocenters. The van der Waals surface area contributed by atoms with Crippen LogP contribution in [0.4, 0.5) is 35.0 Å². The van der Waals surface area contributed by atoms with Gasteiger partial charge < -0.3 is 15.4 Å². The van der Waals surface area contributed by atoms with Crippen LogP contribution in [0.5, 0.6) is 0 Å². The number of carbonyl (C=O) groups excluding carboxylic acids is 1. The first-order valence-corrected chi connectivity index (χ1v) is 7.92. The molecule has 1 amide bonds. The maximum atomic E-state index is 13.3. The Morgan fingerprint density at radius 2 is 1.84 bits per heavy atom. The van der Waals surface area contributed by atoms with E-state index in [2.05, 4.69) is 5.32 Å². The highest BCUT2D eigenvalue weighted by molar-refractivity contribution is 5.91. The van der Waals surface area contributed by atoms with Gasteiger partial charge in [-0.05, 0) is 38.8 Å². The van der Waals surface area contributed by atoms with Crippen molar-refractivity contribution < 1.29 is 22.7 Å². The maximum absolute atomic E-state index is 13.3. The second-order valence-electron chi connectivity index (χ2n) is 7.36. The Morgan fingerprint density at radius 1 is 1.28 bits per heavy atom. The zero-order valence-electron chi connectivity index (χ0n) is 15.4. The number of benzene rings is 1. The van der Waals surface area contributed by atoms with E-state index < -0.39 is 23.4 Å². The monoisotopic (exact) mass is 361 g/mol. The molecule has 0 fully saturated rings. The van der Waals surface area contributed by atoms with Crippen LogP contribution in [0.2, 0.25) is 0 Å². The normalized spacial score (nSPS) is 12.2. The Balaban J connectivity index is 3.26. The van der Waals surface area contributed by atoms with E-state index in [0.29, 0.717) is 6.54 Å². The third-order valence-corrected chi connectivity index (χ3v) is 3.16. The topological polar surface area (TPSA) is 67.6 Å². The van der Waals surface area contributed by atoms with Gasteiger partial charge in [-0.1, -0.05) is 13.8 Å². The van der Waals surface area contributed by atoms with E-state index >= 15 is 0 Å². The zero-order chi connectivity index (χ0) is 19.6. The second kappa shape index (κ2) is 7.41. The van der Waals surface area contributed by atoms with Crippen molar-refractivity contribution in [2.45, 2.75) is 46.4 Å². The number of amides is 1. The number of carbonyl (C=O) groups is 1. The summed E-state index contributed by atoms with van der Waals surface area (Å²) in [7, 11) is 1.57. The van der Waals surface area contributed by atoms with Crippen LogP contribution in [0, 0.1) is 5.92 Å². The summed E-state index contributed by atoms with van der Waals surface area (Å²) in [6.07, 6.45) is -5.34. The lowest BCUT2D eigenvalue weighted by Crippen LogP contribution is -2.28. The van der Waals surface area contributed by atoms with Crippen molar-refractivity contribution in [3.63, 3.8) is 0 Å². The van der Waals surface area contributed by atoms with Crippen molar-refractivity contribution in [3.05, 3.63) is 17.7 Å². The van der Waals surface area contributed by atoms with E-state index in [4.69, 9.17) is 10.5 Å². The van der Waals surface area contributed by atoms with E-state index in [1.807, 2.05) is 13.8 Å². The largest absolute Gasteiger partial charge is 0.444 e. The van der Waals surface area contributed by atoms with Crippen molar-refractivity contribution in [1.29, 1.82) is 0 Å². The minimum Gasteiger partial charge on any atom is -0.444 e. The Hall–Kier alpha value is -2.12. The quantitative estimate of drug-likeness (QED) is 0.761. The molecule has 3 N–H and O–H groups in total. The van der Waals surface area contributed by atoms with Crippen LogP contribution in [0.25, 0.3) is 0 Å². The summed E-state index contributed by atoms with van der Waals surface area (Å²) in [6.45, 7) is 9.28. The molecule has 0 aliphatic rings. The second-order valence-corrected chi connectivity index (χ2v) is 7.36. The average molecular weight is 361 g/mol. The van der Waals surface area contributed by atoms with E-state index in [1.54, 1.807) is 27.8 Å². The summed E-state index contributed by atoms with van der Waals surface area (Å²) >= 11 is 0. The van der Waals surface area contributed by atoms with Gasteiger partial charge in [-0.15, -0.1) is 0 Å². The summed E-state index contributed by atoms with van der Waals surface area (Å²) in [6, 6.07) is 2.06. The van der Waals surface area contributed by atoms with Gasteiger partial charge in [0, 0.05) is 13.6 Å². The fourth-order valence-corrected chi connectivity index (χ4v) is 2.32. The lowest BCUT2D eigenvalue weighted by molar-refractivity contribution is -0.137. The van der Waals surface area contributed by atoms with Gasteiger partial charge in [-0.3, -0.25) is 5.32 Å². The number of halogens is 3. The standard InChI is InChI=1S/C17H26F3N3O2/c1-10(2)9-23(6)14-8-13(22-15(24)25-16(3,4)5)12(21)7-11(14)17(18,19)20/h7-8,10H,9,21H2,1-6H3,(H,22,24). The number of alkyl halides is 3. The molecule has 0 aromatic heterocycles. The smallest absolute Gasteiger partial charge is 0.418 e. The molecule has 8 heteroatoms. The van der Waals surface area contributed by atoms with Gasteiger partial charge in [0.15, 0.2) is 0 Å². The van der Waals surface area contributed by atoms with Crippen LogP contribution in [0.3, 0.4) is 0 Å². The maximum Gasteiger partial charge on any atom is 0.418 e. The summed E-state index contributed by atoms with van der Waals surface area (Å²) < 4.78 is 45.2. The van der Waals surface area contributed by atoms with Gasteiger partial charge in [0.2, 0.25) is 0 Å². The van der Waals surface area contributed by atoms with E-state index in [0.717, 1.165) is 6.07 Å². The number of nitrogens with one attached hydrogen (secondary N) is 1. The average Bonchev–Trinajstić information content (AvgIpc) is 2.36. The highest BCUT2D eigenvalue weighted by atomic mass is 19.4. The molecule has 25 heavy (non-hydrogen) atoms. The first-order valence-electron chi connectivity index (χ1n) is 7.92. The number of ether oxygens (including phenoxy) is 1. The van der Waals surface area contributed by atoms with Crippen LogP contribution in [0.1, 0.15) is 40.2 Å². The zero-order valence-corrected chi connectivity index (χ0v) is 15.4. The molecule has 0 heterocycles. The van der Waals surface area contributed by atoms with Gasteiger partial charge in [0.1, 0.15) is 5.60 Å². The van der Waals surface area contributed by atoms with Gasteiger partial charge in [-0.25, -0.2) is 4.79 Å². The highest BCUT2D eigenvalue weighted by Gasteiger charge is 2.35. The lowest BCUT2D eigenvalue weighted by Gasteiger charge is -2.27. The van der Waals surface area contributed by atoms with E-state index in [-0.39, 0.29) is 23.0 Å². The number of anilines is 3. The molecule has 0 spiro atoms. The van der Waals surface area contributed by atoms with Crippen LogP contribution in [-0.2, 0) is 10.9 Å². The molecule has 0 aliphatic heterocycles. The van der Waals surface area contributed by atoms with E-state index in [1.165, 1.54) is 11.0 Å². The summed E-state index contributed by atoms with van der Waals surface area (Å²) in [5.41, 5.74) is 3.97. The predicted molar refractivity (Wildman–Crippen MR) is 93.8 cm³/mol. The number of nitrogen functional groups attached to an aromatic ring is 1. The fourth-order valence-electron chi connectivity index (χ4n) is 2.32. The fraction of sp³-hybridized carbons (Fsp3) is 0.588.